The Morgan fingerprint density at radius 2 is 1.90 bits per heavy atom. The van der Waals surface area contributed by atoms with E-state index in [2.05, 4.69) is 28.4 Å². The van der Waals surface area contributed by atoms with Crippen LogP contribution in [0.5, 0.6) is 0 Å². The Hall–Kier alpha value is -0.340. The Morgan fingerprint density at radius 1 is 1.20 bits per heavy atom. The molecule has 0 aromatic heterocycles. The Morgan fingerprint density at radius 3 is 2.50 bits per heavy atom. The fourth-order valence-corrected chi connectivity index (χ4v) is 0.963. The summed E-state index contributed by atoms with van der Waals surface area (Å²) in [7, 11) is 0. The van der Waals surface area contributed by atoms with E-state index in [9.17, 15) is 0 Å². The summed E-state index contributed by atoms with van der Waals surface area (Å²) in [6.45, 7) is 0.726. The third kappa shape index (κ3) is 2.50. The highest BCUT2D eigenvalue weighted by atomic mass is 79.9. The molecule has 0 radical (unpaired) electrons. The molecule has 0 bridgehead atoms. The topological polar surface area (TPSA) is 9.23 Å². The summed E-state index contributed by atoms with van der Waals surface area (Å²) in [5.41, 5.74) is 1.31. The molecule has 0 fully saturated rings. The van der Waals surface area contributed by atoms with Gasteiger partial charge in [-0.1, -0.05) is 30.3 Å². The van der Waals surface area contributed by atoms with Crippen molar-refractivity contribution in [1.29, 1.82) is 0 Å². The molecule has 1 aromatic carbocycles. The minimum absolute atomic E-state index is 0.726. The average Bonchev–Trinajstić information content (AvgIpc) is 2.03. The number of benzene rings is 1. The zero-order valence-corrected chi connectivity index (χ0v) is 7.17. The molecule has 0 saturated heterocycles. The molecule has 1 rings (SSSR count). The molecule has 0 amide bonds. The van der Waals surface area contributed by atoms with Gasteiger partial charge in [0, 0.05) is 0 Å². The summed E-state index contributed by atoms with van der Waals surface area (Å²) in [4.78, 5) is 0. The van der Waals surface area contributed by atoms with Crippen molar-refractivity contribution in [2.24, 2.45) is 0 Å². The van der Waals surface area contributed by atoms with Crippen molar-refractivity contribution in [3.8, 4) is 0 Å². The van der Waals surface area contributed by atoms with Crippen LogP contribution in [0.2, 0.25) is 0 Å². The Labute approximate surface area is 69.5 Å². The van der Waals surface area contributed by atoms with Crippen molar-refractivity contribution < 1.29 is 3.83 Å². The van der Waals surface area contributed by atoms with Crippen LogP contribution in [0.25, 0.3) is 0 Å². The van der Waals surface area contributed by atoms with E-state index in [1.807, 2.05) is 18.2 Å². The lowest BCUT2D eigenvalue weighted by Crippen LogP contribution is -1.89. The van der Waals surface area contributed by atoms with Crippen LogP contribution in [-0.2, 0) is 10.2 Å². The van der Waals surface area contributed by atoms with Crippen LogP contribution in [0.3, 0.4) is 0 Å². The third-order valence-corrected chi connectivity index (χ3v) is 1.63. The molecule has 0 aliphatic heterocycles. The van der Waals surface area contributed by atoms with Crippen molar-refractivity contribution in [3.63, 3.8) is 0 Å². The van der Waals surface area contributed by atoms with Gasteiger partial charge >= 0.3 is 0 Å². The van der Waals surface area contributed by atoms with Crippen LogP contribution in [0.15, 0.2) is 30.3 Å². The summed E-state index contributed by atoms with van der Waals surface area (Å²) >= 11 is 2.91. The molecule has 1 nitrogen and oxygen atoms in total. The zero-order chi connectivity index (χ0) is 7.23. The van der Waals surface area contributed by atoms with Gasteiger partial charge in [0.05, 0.1) is 22.9 Å². The van der Waals surface area contributed by atoms with Gasteiger partial charge in [-0.3, -0.25) is 0 Å². The third-order valence-electron chi connectivity index (χ3n) is 1.31. The first kappa shape index (κ1) is 7.76. The molecule has 0 spiro atoms. The predicted molar refractivity (Wildman–Crippen MR) is 45.0 cm³/mol. The Kier molecular flexibility index (Phi) is 3.47. The molecule has 0 atom stereocenters. The molecule has 0 aliphatic carbocycles. The molecule has 0 N–H and O–H groups in total. The fourth-order valence-electron chi connectivity index (χ4n) is 0.801. The number of hydrogen-bond acceptors (Lipinski definition) is 1. The SMILES string of the molecule is BrOCCc1ccccc1. The summed E-state index contributed by atoms with van der Waals surface area (Å²) in [5, 5.41) is 0. The Bertz CT molecular complexity index is 174. The standard InChI is InChI=1S/C8H9BrO/c9-10-7-6-8-4-2-1-3-5-8/h1-5H,6-7H2. The molecule has 2 heteroatoms. The number of halogens is 1. The lowest BCUT2D eigenvalue weighted by molar-refractivity contribution is 0.402. The maximum Gasteiger partial charge on any atom is 0.0987 e. The van der Waals surface area contributed by atoms with Gasteiger partial charge in [0.2, 0.25) is 0 Å². The van der Waals surface area contributed by atoms with Crippen LogP contribution in [-0.4, -0.2) is 6.61 Å². The summed E-state index contributed by atoms with van der Waals surface area (Å²) < 4.78 is 4.76. The molecule has 1 aromatic rings. The van der Waals surface area contributed by atoms with Crippen LogP contribution >= 0.6 is 16.3 Å². The number of rotatable bonds is 3. The maximum atomic E-state index is 4.76. The van der Waals surface area contributed by atoms with Crippen molar-refractivity contribution in [2.75, 3.05) is 6.61 Å². The van der Waals surface area contributed by atoms with Crippen molar-refractivity contribution in [3.05, 3.63) is 35.9 Å². The maximum absolute atomic E-state index is 4.76. The minimum Gasteiger partial charge on any atom is -0.308 e. The van der Waals surface area contributed by atoms with Gasteiger partial charge in [0.1, 0.15) is 0 Å². The predicted octanol–water partition coefficient (Wildman–Crippen LogP) is 2.56. The fraction of sp³-hybridized carbons (Fsp3) is 0.250. The first-order valence-electron chi connectivity index (χ1n) is 3.21. The quantitative estimate of drug-likeness (QED) is 0.730. The molecule has 54 valence electrons. The second kappa shape index (κ2) is 4.47. The van der Waals surface area contributed by atoms with E-state index in [1.165, 1.54) is 5.56 Å². The largest absolute Gasteiger partial charge is 0.308 e. The monoisotopic (exact) mass is 200 g/mol. The van der Waals surface area contributed by atoms with Gasteiger partial charge in [-0.2, -0.15) is 0 Å². The van der Waals surface area contributed by atoms with E-state index < -0.39 is 0 Å². The lowest BCUT2D eigenvalue weighted by Gasteiger charge is -1.96. The molecular formula is C8H9BrO. The molecule has 10 heavy (non-hydrogen) atoms. The highest BCUT2D eigenvalue weighted by molar-refractivity contribution is 9.06. The molecule has 0 unspecified atom stereocenters. The highest BCUT2D eigenvalue weighted by Gasteiger charge is 1.88. The van der Waals surface area contributed by atoms with Crippen molar-refractivity contribution in [2.45, 2.75) is 6.42 Å². The second-order valence-electron chi connectivity index (χ2n) is 2.05. The van der Waals surface area contributed by atoms with Crippen LogP contribution < -0.4 is 0 Å². The second-order valence-corrected chi connectivity index (χ2v) is 2.51. The van der Waals surface area contributed by atoms with Gasteiger partial charge in [0.15, 0.2) is 0 Å². The molecule has 0 aliphatic rings. The van der Waals surface area contributed by atoms with Gasteiger partial charge in [-0.15, -0.1) is 0 Å². The summed E-state index contributed by atoms with van der Waals surface area (Å²) in [5.74, 6) is 0. The molecular weight excluding hydrogens is 192 g/mol. The van der Waals surface area contributed by atoms with E-state index in [0.717, 1.165) is 13.0 Å². The van der Waals surface area contributed by atoms with Crippen LogP contribution in [0, 0.1) is 0 Å². The Balaban J connectivity index is 2.43. The smallest absolute Gasteiger partial charge is 0.0987 e. The molecule has 0 heterocycles. The first-order chi connectivity index (χ1) is 4.93. The van der Waals surface area contributed by atoms with E-state index in [0.29, 0.717) is 0 Å². The number of hydrogen-bond donors (Lipinski definition) is 0. The van der Waals surface area contributed by atoms with Crippen molar-refractivity contribution >= 4 is 16.3 Å². The van der Waals surface area contributed by atoms with Crippen LogP contribution in [0.1, 0.15) is 5.56 Å². The zero-order valence-electron chi connectivity index (χ0n) is 5.59. The average molecular weight is 201 g/mol. The van der Waals surface area contributed by atoms with Gasteiger partial charge in [-0.25, -0.2) is 0 Å². The van der Waals surface area contributed by atoms with Gasteiger partial charge in [0.25, 0.3) is 0 Å². The van der Waals surface area contributed by atoms with E-state index in [4.69, 9.17) is 3.83 Å². The van der Waals surface area contributed by atoms with E-state index in [-0.39, 0.29) is 0 Å². The first-order valence-corrected chi connectivity index (χ1v) is 3.85. The highest BCUT2D eigenvalue weighted by Crippen LogP contribution is 2.00. The van der Waals surface area contributed by atoms with E-state index in [1.54, 1.807) is 0 Å². The minimum atomic E-state index is 0.726. The van der Waals surface area contributed by atoms with E-state index >= 15 is 0 Å². The van der Waals surface area contributed by atoms with Crippen molar-refractivity contribution in [1.82, 2.24) is 0 Å². The normalized spacial score (nSPS) is 9.70. The van der Waals surface area contributed by atoms with Gasteiger partial charge in [-0.05, 0) is 12.0 Å². The lowest BCUT2D eigenvalue weighted by atomic mass is 10.2. The van der Waals surface area contributed by atoms with Gasteiger partial charge < -0.3 is 3.83 Å². The summed E-state index contributed by atoms with van der Waals surface area (Å²) in [6, 6.07) is 10.3. The van der Waals surface area contributed by atoms with Crippen LogP contribution in [0.4, 0.5) is 0 Å². The summed E-state index contributed by atoms with van der Waals surface area (Å²) in [6.07, 6.45) is 0.964. The molecule has 0 saturated carbocycles.